The Labute approximate surface area is 94.6 Å². The molecule has 2 atom stereocenters. The van der Waals surface area contributed by atoms with Crippen LogP contribution in [0.25, 0.3) is 0 Å². The monoisotopic (exact) mass is 210 g/mol. The van der Waals surface area contributed by atoms with E-state index < -0.39 is 0 Å². The smallest absolute Gasteiger partial charge is 0.0641 e. The van der Waals surface area contributed by atoms with Gasteiger partial charge >= 0.3 is 0 Å². The topological polar surface area (TPSA) is 20.2 Å². The van der Waals surface area contributed by atoms with E-state index in [1.54, 1.807) is 0 Å². The summed E-state index contributed by atoms with van der Waals surface area (Å²) in [5.74, 6) is 1.51. The Bertz CT molecular complexity index is 221. The minimum Gasteiger partial charge on any atom is -0.392 e. The Morgan fingerprint density at radius 1 is 1.40 bits per heavy atom. The molecule has 0 aliphatic heterocycles. The summed E-state index contributed by atoms with van der Waals surface area (Å²) in [6.07, 6.45) is 7.24. The molecule has 0 aromatic carbocycles. The minimum atomic E-state index is 0.238. The van der Waals surface area contributed by atoms with Crippen LogP contribution in [0.5, 0.6) is 0 Å². The fourth-order valence-corrected chi connectivity index (χ4v) is 3.16. The van der Waals surface area contributed by atoms with Crippen LogP contribution in [0.15, 0.2) is 11.6 Å². The van der Waals surface area contributed by atoms with E-state index in [0.717, 1.165) is 12.3 Å². The third-order valence-corrected chi connectivity index (χ3v) is 3.55. The normalized spacial score (nSPS) is 31.7. The molecule has 1 aliphatic rings. The van der Waals surface area contributed by atoms with Crippen molar-refractivity contribution < 1.29 is 5.11 Å². The molecule has 0 spiro atoms. The molecule has 2 unspecified atom stereocenters. The molecule has 88 valence electrons. The van der Waals surface area contributed by atoms with Gasteiger partial charge in [0.25, 0.3) is 0 Å². The molecule has 0 saturated heterocycles. The van der Waals surface area contributed by atoms with Crippen LogP contribution >= 0.6 is 0 Å². The second-order valence-electron chi connectivity index (χ2n) is 6.01. The van der Waals surface area contributed by atoms with Gasteiger partial charge in [-0.05, 0) is 48.5 Å². The molecule has 15 heavy (non-hydrogen) atoms. The molecule has 1 N–H and O–H groups in total. The first-order valence-corrected chi connectivity index (χ1v) is 6.27. The molecule has 1 heteroatoms. The maximum absolute atomic E-state index is 9.18. The molecule has 0 radical (unpaired) electrons. The molecule has 1 nitrogen and oxygen atoms in total. The third kappa shape index (κ3) is 3.98. The second-order valence-corrected chi connectivity index (χ2v) is 6.01. The van der Waals surface area contributed by atoms with Gasteiger partial charge in [0.1, 0.15) is 0 Å². The molecule has 0 amide bonds. The fourth-order valence-electron chi connectivity index (χ4n) is 3.16. The van der Waals surface area contributed by atoms with Crippen molar-refractivity contribution in [3.63, 3.8) is 0 Å². The van der Waals surface area contributed by atoms with E-state index in [0.29, 0.717) is 11.3 Å². The summed E-state index contributed by atoms with van der Waals surface area (Å²) < 4.78 is 0. The predicted octanol–water partition coefficient (Wildman–Crippen LogP) is 3.78. The zero-order valence-corrected chi connectivity index (χ0v) is 10.7. The average Bonchev–Trinajstić information content (AvgIpc) is 2.10. The van der Waals surface area contributed by atoms with Crippen LogP contribution in [0.2, 0.25) is 0 Å². The molecular formula is C14H26O. The lowest BCUT2D eigenvalue weighted by Crippen LogP contribution is -2.26. The van der Waals surface area contributed by atoms with Crippen LogP contribution in [0.4, 0.5) is 0 Å². The quantitative estimate of drug-likeness (QED) is 0.703. The Morgan fingerprint density at radius 3 is 2.53 bits per heavy atom. The van der Waals surface area contributed by atoms with Crippen molar-refractivity contribution in [2.24, 2.45) is 17.3 Å². The number of allylic oxidation sites excluding steroid dienone is 1. The Kier molecular flexibility index (Phi) is 4.39. The highest BCUT2D eigenvalue weighted by molar-refractivity contribution is 5.06. The fraction of sp³-hybridized carbons (Fsp3) is 0.857. The van der Waals surface area contributed by atoms with Gasteiger partial charge in [0, 0.05) is 0 Å². The van der Waals surface area contributed by atoms with E-state index in [2.05, 4.69) is 33.8 Å². The van der Waals surface area contributed by atoms with Crippen molar-refractivity contribution in [2.75, 3.05) is 6.61 Å². The highest BCUT2D eigenvalue weighted by Crippen LogP contribution is 2.42. The number of aliphatic hydroxyl groups is 1. The maximum atomic E-state index is 9.18. The van der Waals surface area contributed by atoms with E-state index in [-0.39, 0.29) is 6.61 Å². The molecular weight excluding hydrogens is 184 g/mol. The van der Waals surface area contributed by atoms with E-state index in [1.165, 1.54) is 24.8 Å². The largest absolute Gasteiger partial charge is 0.392 e. The van der Waals surface area contributed by atoms with Crippen molar-refractivity contribution in [2.45, 2.75) is 53.4 Å². The van der Waals surface area contributed by atoms with Gasteiger partial charge in [-0.25, -0.2) is 0 Å². The number of hydrogen-bond acceptors (Lipinski definition) is 1. The SMILES string of the molecule is CC/C(=C\C1CC(C)CC(C)(C)C1)CO. The van der Waals surface area contributed by atoms with Crippen molar-refractivity contribution in [1.82, 2.24) is 0 Å². The summed E-state index contributed by atoms with van der Waals surface area (Å²) >= 11 is 0. The number of rotatable bonds is 3. The number of aliphatic hydroxyl groups excluding tert-OH is 1. The van der Waals surface area contributed by atoms with Gasteiger partial charge in [-0.15, -0.1) is 0 Å². The molecule has 0 aromatic heterocycles. The molecule has 0 bridgehead atoms. The average molecular weight is 210 g/mol. The predicted molar refractivity (Wildman–Crippen MR) is 65.7 cm³/mol. The lowest BCUT2D eigenvalue weighted by atomic mass is 9.68. The molecule has 1 rings (SSSR count). The lowest BCUT2D eigenvalue weighted by Gasteiger charge is -2.38. The maximum Gasteiger partial charge on any atom is 0.0641 e. The summed E-state index contributed by atoms with van der Waals surface area (Å²) in [5.41, 5.74) is 1.69. The van der Waals surface area contributed by atoms with Crippen molar-refractivity contribution >= 4 is 0 Å². The highest BCUT2D eigenvalue weighted by atomic mass is 16.3. The van der Waals surface area contributed by atoms with Gasteiger partial charge < -0.3 is 5.11 Å². The van der Waals surface area contributed by atoms with E-state index in [9.17, 15) is 5.11 Å². The van der Waals surface area contributed by atoms with Crippen molar-refractivity contribution in [3.05, 3.63) is 11.6 Å². The van der Waals surface area contributed by atoms with Crippen molar-refractivity contribution in [1.29, 1.82) is 0 Å². The van der Waals surface area contributed by atoms with Gasteiger partial charge in [-0.1, -0.05) is 33.8 Å². The third-order valence-electron chi connectivity index (χ3n) is 3.55. The molecule has 0 aromatic rings. The molecule has 1 saturated carbocycles. The number of hydrogen-bond donors (Lipinski definition) is 1. The van der Waals surface area contributed by atoms with Crippen LogP contribution in [-0.4, -0.2) is 11.7 Å². The van der Waals surface area contributed by atoms with Crippen LogP contribution in [-0.2, 0) is 0 Å². The first kappa shape index (κ1) is 12.8. The lowest BCUT2D eigenvalue weighted by molar-refractivity contribution is 0.155. The van der Waals surface area contributed by atoms with E-state index >= 15 is 0 Å². The molecule has 1 fully saturated rings. The Balaban J connectivity index is 2.66. The van der Waals surface area contributed by atoms with Crippen molar-refractivity contribution in [3.8, 4) is 0 Å². The summed E-state index contributed by atoms with van der Waals surface area (Å²) in [6, 6.07) is 0. The van der Waals surface area contributed by atoms with Gasteiger partial charge in [-0.3, -0.25) is 0 Å². The van der Waals surface area contributed by atoms with Crippen LogP contribution < -0.4 is 0 Å². The zero-order chi connectivity index (χ0) is 11.5. The summed E-state index contributed by atoms with van der Waals surface area (Å²) in [6.45, 7) is 9.45. The van der Waals surface area contributed by atoms with Gasteiger partial charge in [0.15, 0.2) is 0 Å². The first-order chi connectivity index (χ1) is 6.96. The van der Waals surface area contributed by atoms with E-state index in [1.807, 2.05) is 0 Å². The van der Waals surface area contributed by atoms with Gasteiger partial charge in [0.2, 0.25) is 0 Å². The molecule has 0 heterocycles. The van der Waals surface area contributed by atoms with Gasteiger partial charge in [0.05, 0.1) is 6.61 Å². The second kappa shape index (κ2) is 5.16. The summed E-state index contributed by atoms with van der Waals surface area (Å²) in [5, 5.41) is 9.18. The zero-order valence-electron chi connectivity index (χ0n) is 10.7. The summed E-state index contributed by atoms with van der Waals surface area (Å²) in [4.78, 5) is 0. The highest BCUT2D eigenvalue weighted by Gasteiger charge is 2.30. The standard InChI is InChI=1S/C14H26O/c1-5-12(10-15)7-13-6-11(2)8-14(3,4)9-13/h7,11,13,15H,5-6,8-10H2,1-4H3/b12-7+. The first-order valence-electron chi connectivity index (χ1n) is 6.27. The summed E-state index contributed by atoms with van der Waals surface area (Å²) in [7, 11) is 0. The van der Waals surface area contributed by atoms with Gasteiger partial charge in [-0.2, -0.15) is 0 Å². The molecule has 1 aliphatic carbocycles. The van der Waals surface area contributed by atoms with Crippen LogP contribution in [0, 0.1) is 17.3 Å². The minimum absolute atomic E-state index is 0.238. The van der Waals surface area contributed by atoms with E-state index in [4.69, 9.17) is 0 Å². The van der Waals surface area contributed by atoms with Crippen LogP contribution in [0.3, 0.4) is 0 Å². The Hall–Kier alpha value is -0.300. The van der Waals surface area contributed by atoms with Crippen LogP contribution in [0.1, 0.15) is 53.4 Å². The Morgan fingerprint density at radius 2 is 2.07 bits per heavy atom.